The Morgan fingerprint density at radius 1 is 1.33 bits per heavy atom. The van der Waals surface area contributed by atoms with Crippen LogP contribution >= 0.6 is 11.6 Å². The summed E-state index contributed by atoms with van der Waals surface area (Å²) in [6.45, 7) is 5.11. The average molecular weight is 269 g/mol. The van der Waals surface area contributed by atoms with Gasteiger partial charge in [-0.1, -0.05) is 23.7 Å². The molecule has 1 rings (SSSR count). The first-order valence-corrected chi connectivity index (χ1v) is 6.11. The molecule has 0 saturated carbocycles. The molecule has 0 aliphatic carbocycles. The molecule has 1 aromatic rings. The Morgan fingerprint density at radius 2 is 1.94 bits per heavy atom. The van der Waals surface area contributed by atoms with E-state index in [1.165, 1.54) is 11.8 Å². The highest BCUT2D eigenvalue weighted by molar-refractivity contribution is 6.33. The summed E-state index contributed by atoms with van der Waals surface area (Å²) in [6, 6.07) is 6.99. The Morgan fingerprint density at radius 3 is 2.44 bits per heavy atom. The smallest absolute Gasteiger partial charge is 0.240 e. The van der Waals surface area contributed by atoms with Crippen LogP contribution < -0.4 is 10.2 Å². The highest BCUT2D eigenvalue weighted by atomic mass is 35.5. The number of halogens is 1. The van der Waals surface area contributed by atoms with Gasteiger partial charge in [-0.05, 0) is 26.0 Å². The molecule has 0 aliphatic heterocycles. The van der Waals surface area contributed by atoms with Crippen molar-refractivity contribution in [3.05, 3.63) is 29.3 Å². The number of carbonyl (C=O) groups excluding carboxylic acids is 2. The summed E-state index contributed by atoms with van der Waals surface area (Å²) >= 11 is 6.03. The van der Waals surface area contributed by atoms with Gasteiger partial charge in [-0.25, -0.2) is 0 Å². The van der Waals surface area contributed by atoms with Gasteiger partial charge >= 0.3 is 0 Å². The minimum absolute atomic E-state index is 0.0305. The van der Waals surface area contributed by atoms with E-state index in [0.717, 1.165) is 0 Å². The van der Waals surface area contributed by atoms with Gasteiger partial charge in [0.1, 0.15) is 6.54 Å². The second kappa shape index (κ2) is 6.40. The average Bonchev–Trinajstić information content (AvgIpc) is 2.25. The van der Waals surface area contributed by atoms with Crippen molar-refractivity contribution in [2.24, 2.45) is 0 Å². The largest absolute Gasteiger partial charge is 0.352 e. The van der Waals surface area contributed by atoms with Gasteiger partial charge in [0.2, 0.25) is 11.8 Å². The molecule has 0 bridgehead atoms. The molecule has 0 atom stereocenters. The van der Waals surface area contributed by atoms with Gasteiger partial charge in [0.15, 0.2) is 0 Å². The normalized spacial score (nSPS) is 10.3. The summed E-state index contributed by atoms with van der Waals surface area (Å²) in [4.78, 5) is 24.7. The summed E-state index contributed by atoms with van der Waals surface area (Å²) < 4.78 is 0. The van der Waals surface area contributed by atoms with Crippen LogP contribution in [0.1, 0.15) is 20.8 Å². The van der Waals surface area contributed by atoms with E-state index < -0.39 is 0 Å². The minimum atomic E-state index is -0.220. The molecule has 1 N–H and O–H groups in total. The molecule has 0 heterocycles. The predicted molar refractivity (Wildman–Crippen MR) is 72.8 cm³/mol. The second-order valence-corrected chi connectivity index (χ2v) is 4.69. The lowest BCUT2D eigenvalue weighted by atomic mass is 10.2. The zero-order valence-electron chi connectivity index (χ0n) is 10.7. The number of carbonyl (C=O) groups is 2. The number of benzene rings is 1. The van der Waals surface area contributed by atoms with Gasteiger partial charge < -0.3 is 10.2 Å². The van der Waals surface area contributed by atoms with E-state index in [1.54, 1.807) is 24.3 Å². The number of amides is 2. The summed E-state index contributed by atoms with van der Waals surface area (Å²) in [7, 11) is 0. The first-order chi connectivity index (χ1) is 8.41. The lowest BCUT2D eigenvalue weighted by Crippen LogP contribution is -2.42. The number of nitrogens with zero attached hydrogens (tertiary/aromatic N) is 1. The topological polar surface area (TPSA) is 49.4 Å². The summed E-state index contributed by atoms with van der Waals surface area (Å²) in [5.74, 6) is -0.429. The van der Waals surface area contributed by atoms with E-state index in [0.29, 0.717) is 10.7 Å². The van der Waals surface area contributed by atoms with Crippen molar-refractivity contribution in [1.29, 1.82) is 0 Å². The fraction of sp³-hybridized carbons (Fsp3) is 0.385. The maximum Gasteiger partial charge on any atom is 0.240 e. The van der Waals surface area contributed by atoms with Crippen molar-refractivity contribution in [3.8, 4) is 0 Å². The highest BCUT2D eigenvalue weighted by Gasteiger charge is 2.18. The number of para-hydroxylation sites is 1. The molecule has 18 heavy (non-hydrogen) atoms. The van der Waals surface area contributed by atoms with Crippen molar-refractivity contribution >= 4 is 29.1 Å². The highest BCUT2D eigenvalue weighted by Crippen LogP contribution is 2.25. The molecular formula is C13H17ClN2O2. The third kappa shape index (κ3) is 4.04. The molecule has 5 heteroatoms. The fourth-order valence-electron chi connectivity index (χ4n) is 1.55. The van der Waals surface area contributed by atoms with E-state index in [9.17, 15) is 9.59 Å². The Balaban J connectivity index is 2.88. The molecular weight excluding hydrogens is 252 g/mol. The Kier molecular flexibility index (Phi) is 5.16. The number of anilines is 1. The van der Waals surface area contributed by atoms with E-state index >= 15 is 0 Å². The van der Waals surface area contributed by atoms with Crippen LogP contribution in [0.25, 0.3) is 0 Å². The van der Waals surface area contributed by atoms with E-state index in [1.807, 2.05) is 13.8 Å². The summed E-state index contributed by atoms with van der Waals surface area (Å²) in [6.07, 6.45) is 0. The zero-order valence-corrected chi connectivity index (χ0v) is 11.5. The van der Waals surface area contributed by atoms with Crippen molar-refractivity contribution in [2.45, 2.75) is 26.8 Å². The van der Waals surface area contributed by atoms with Crippen LogP contribution in [0.15, 0.2) is 24.3 Å². The van der Waals surface area contributed by atoms with Crippen LogP contribution in [0.4, 0.5) is 5.69 Å². The molecule has 0 aromatic heterocycles. The SMILES string of the molecule is CC(=O)N(CC(=O)NC(C)C)c1ccccc1Cl. The molecule has 4 nitrogen and oxygen atoms in total. The van der Waals surface area contributed by atoms with Crippen molar-refractivity contribution in [1.82, 2.24) is 5.32 Å². The molecule has 0 aliphatic rings. The molecule has 2 amide bonds. The minimum Gasteiger partial charge on any atom is -0.352 e. The van der Waals surface area contributed by atoms with Gasteiger partial charge in [-0.3, -0.25) is 9.59 Å². The molecule has 0 fully saturated rings. The Bertz CT molecular complexity index is 446. The first-order valence-electron chi connectivity index (χ1n) is 5.73. The Hall–Kier alpha value is -1.55. The second-order valence-electron chi connectivity index (χ2n) is 4.28. The van der Waals surface area contributed by atoms with Gasteiger partial charge in [0.25, 0.3) is 0 Å². The number of nitrogens with one attached hydrogen (secondary N) is 1. The van der Waals surface area contributed by atoms with Gasteiger partial charge in [0.05, 0.1) is 10.7 Å². The lowest BCUT2D eigenvalue weighted by molar-refractivity contribution is -0.123. The lowest BCUT2D eigenvalue weighted by Gasteiger charge is -2.22. The van der Waals surface area contributed by atoms with E-state index in [-0.39, 0.29) is 24.4 Å². The van der Waals surface area contributed by atoms with Crippen molar-refractivity contribution < 1.29 is 9.59 Å². The monoisotopic (exact) mass is 268 g/mol. The molecule has 1 aromatic carbocycles. The molecule has 98 valence electrons. The van der Waals surface area contributed by atoms with Crippen molar-refractivity contribution in [3.63, 3.8) is 0 Å². The predicted octanol–water partition coefficient (Wildman–Crippen LogP) is 2.22. The van der Waals surface area contributed by atoms with Gasteiger partial charge in [0, 0.05) is 13.0 Å². The van der Waals surface area contributed by atoms with Gasteiger partial charge in [-0.2, -0.15) is 0 Å². The quantitative estimate of drug-likeness (QED) is 0.910. The molecule has 0 unspecified atom stereocenters. The van der Waals surface area contributed by atoms with E-state index in [4.69, 9.17) is 11.6 Å². The third-order valence-corrected chi connectivity index (χ3v) is 2.59. The summed E-state index contributed by atoms with van der Waals surface area (Å²) in [5.41, 5.74) is 0.547. The molecule has 0 saturated heterocycles. The number of rotatable bonds is 4. The maximum atomic E-state index is 11.7. The van der Waals surface area contributed by atoms with E-state index in [2.05, 4.69) is 5.32 Å². The van der Waals surface area contributed by atoms with Gasteiger partial charge in [-0.15, -0.1) is 0 Å². The zero-order chi connectivity index (χ0) is 13.7. The van der Waals surface area contributed by atoms with Crippen LogP contribution in [-0.2, 0) is 9.59 Å². The summed E-state index contributed by atoms with van der Waals surface area (Å²) in [5, 5.41) is 3.19. The maximum absolute atomic E-state index is 11.7. The van der Waals surface area contributed by atoms with Crippen LogP contribution in [0.2, 0.25) is 5.02 Å². The van der Waals surface area contributed by atoms with Crippen molar-refractivity contribution in [2.75, 3.05) is 11.4 Å². The standard InChI is InChI=1S/C13H17ClN2O2/c1-9(2)15-13(18)8-16(10(3)17)12-7-5-4-6-11(12)14/h4-7,9H,8H2,1-3H3,(H,15,18). The van der Waals surface area contributed by atoms with Crippen LogP contribution in [0, 0.1) is 0 Å². The molecule has 0 radical (unpaired) electrons. The third-order valence-electron chi connectivity index (χ3n) is 2.27. The Labute approximate surface area is 112 Å². The number of hydrogen-bond donors (Lipinski definition) is 1. The van der Waals surface area contributed by atoms with Crippen LogP contribution in [0.5, 0.6) is 0 Å². The first kappa shape index (κ1) is 14.5. The molecule has 0 spiro atoms. The van der Waals surface area contributed by atoms with Crippen LogP contribution in [0.3, 0.4) is 0 Å². The number of hydrogen-bond acceptors (Lipinski definition) is 2. The van der Waals surface area contributed by atoms with Crippen LogP contribution in [-0.4, -0.2) is 24.4 Å². The fourth-order valence-corrected chi connectivity index (χ4v) is 1.79.